The summed E-state index contributed by atoms with van der Waals surface area (Å²) in [6.45, 7) is 0. The molecular formula is C9H9Cl2NO2S. The molecular weight excluding hydrogens is 257 g/mol. The van der Waals surface area contributed by atoms with Gasteiger partial charge in [-0.1, -0.05) is 29.3 Å². The highest BCUT2D eigenvalue weighted by Gasteiger charge is 2.30. The van der Waals surface area contributed by atoms with Crippen LogP contribution in [0.2, 0.25) is 10.0 Å². The van der Waals surface area contributed by atoms with Crippen LogP contribution in [0.1, 0.15) is 12.8 Å². The summed E-state index contributed by atoms with van der Waals surface area (Å²) < 4.78 is 26.2. The van der Waals surface area contributed by atoms with E-state index in [-0.39, 0.29) is 21.0 Å². The molecule has 82 valence electrons. The first-order valence-electron chi connectivity index (χ1n) is 4.47. The van der Waals surface area contributed by atoms with Gasteiger partial charge in [-0.3, -0.25) is 0 Å². The molecule has 6 heteroatoms. The third kappa shape index (κ3) is 2.45. The van der Waals surface area contributed by atoms with Crippen molar-refractivity contribution in [3.63, 3.8) is 0 Å². The Hall–Kier alpha value is -0.290. The van der Waals surface area contributed by atoms with Crippen LogP contribution in [0.5, 0.6) is 0 Å². The third-order valence-corrected chi connectivity index (χ3v) is 4.56. The molecule has 1 aromatic carbocycles. The van der Waals surface area contributed by atoms with Crippen molar-refractivity contribution in [2.24, 2.45) is 0 Å². The number of sulfonamides is 1. The van der Waals surface area contributed by atoms with Gasteiger partial charge in [-0.2, -0.15) is 0 Å². The molecule has 0 heterocycles. The minimum absolute atomic E-state index is 0.0276. The van der Waals surface area contributed by atoms with Crippen molar-refractivity contribution in [3.05, 3.63) is 28.2 Å². The summed E-state index contributed by atoms with van der Waals surface area (Å²) in [5.74, 6) is 0. The highest BCUT2D eigenvalue weighted by atomic mass is 35.5. The molecule has 0 aliphatic heterocycles. The highest BCUT2D eigenvalue weighted by Crippen LogP contribution is 2.30. The maximum atomic E-state index is 11.8. The Morgan fingerprint density at radius 1 is 1.20 bits per heavy atom. The molecule has 0 atom stereocenters. The standard InChI is InChI=1S/C9H9Cl2NO2S/c10-7-2-1-3-8(11)9(7)15(13,14)12-6-4-5-6/h1-3,6,12H,4-5H2. The SMILES string of the molecule is O=S(=O)(NC1CC1)c1c(Cl)cccc1Cl. The van der Waals surface area contributed by atoms with Crippen molar-refractivity contribution < 1.29 is 8.42 Å². The summed E-state index contributed by atoms with van der Waals surface area (Å²) in [7, 11) is -3.57. The Kier molecular flexibility index (Phi) is 2.94. The number of halogens is 2. The molecule has 1 saturated carbocycles. The quantitative estimate of drug-likeness (QED) is 0.913. The van der Waals surface area contributed by atoms with Gasteiger partial charge in [0.1, 0.15) is 4.90 Å². The van der Waals surface area contributed by atoms with Crippen LogP contribution >= 0.6 is 23.2 Å². The van der Waals surface area contributed by atoms with E-state index < -0.39 is 10.0 Å². The Balaban J connectivity index is 2.42. The van der Waals surface area contributed by atoms with Gasteiger partial charge in [0.25, 0.3) is 0 Å². The lowest BCUT2D eigenvalue weighted by molar-refractivity contribution is 0.581. The lowest BCUT2D eigenvalue weighted by atomic mass is 10.4. The van der Waals surface area contributed by atoms with Crippen molar-refractivity contribution in [2.75, 3.05) is 0 Å². The minimum atomic E-state index is -3.57. The topological polar surface area (TPSA) is 46.2 Å². The maximum Gasteiger partial charge on any atom is 0.243 e. The van der Waals surface area contributed by atoms with Gasteiger partial charge in [0.2, 0.25) is 10.0 Å². The molecule has 0 unspecified atom stereocenters. The van der Waals surface area contributed by atoms with Crippen molar-refractivity contribution in [1.29, 1.82) is 0 Å². The molecule has 2 rings (SSSR count). The third-order valence-electron chi connectivity index (χ3n) is 2.09. The first-order chi connectivity index (χ1) is 7.00. The monoisotopic (exact) mass is 265 g/mol. The van der Waals surface area contributed by atoms with Crippen molar-refractivity contribution >= 4 is 33.2 Å². The summed E-state index contributed by atoms with van der Waals surface area (Å²) in [4.78, 5) is -0.0276. The number of nitrogens with one attached hydrogen (secondary N) is 1. The average Bonchev–Trinajstić information content (AvgIpc) is 2.86. The van der Waals surface area contributed by atoms with Crippen LogP contribution in [-0.2, 0) is 10.0 Å². The summed E-state index contributed by atoms with van der Waals surface area (Å²) in [5, 5.41) is 0.298. The van der Waals surface area contributed by atoms with Gasteiger partial charge in [-0.15, -0.1) is 0 Å². The Morgan fingerprint density at radius 2 is 1.73 bits per heavy atom. The summed E-state index contributed by atoms with van der Waals surface area (Å²) in [6, 6.07) is 4.67. The predicted molar refractivity (Wildman–Crippen MR) is 59.8 cm³/mol. The fourth-order valence-electron chi connectivity index (χ4n) is 1.22. The fraction of sp³-hybridized carbons (Fsp3) is 0.333. The van der Waals surface area contributed by atoms with Gasteiger partial charge in [0.05, 0.1) is 10.0 Å². The second-order valence-electron chi connectivity index (χ2n) is 3.45. The second-order valence-corrected chi connectivity index (χ2v) is 5.91. The van der Waals surface area contributed by atoms with E-state index in [1.165, 1.54) is 12.1 Å². The first-order valence-corrected chi connectivity index (χ1v) is 6.71. The zero-order valence-electron chi connectivity index (χ0n) is 7.70. The molecule has 0 amide bonds. The van der Waals surface area contributed by atoms with Crippen LogP contribution in [0, 0.1) is 0 Å². The van der Waals surface area contributed by atoms with E-state index in [4.69, 9.17) is 23.2 Å². The van der Waals surface area contributed by atoms with Gasteiger partial charge in [0.15, 0.2) is 0 Å². The van der Waals surface area contributed by atoms with E-state index in [0.717, 1.165) is 12.8 Å². The van der Waals surface area contributed by atoms with E-state index >= 15 is 0 Å². The molecule has 15 heavy (non-hydrogen) atoms. The van der Waals surface area contributed by atoms with Crippen molar-refractivity contribution in [2.45, 2.75) is 23.8 Å². The number of hydrogen-bond donors (Lipinski definition) is 1. The number of rotatable bonds is 3. The zero-order chi connectivity index (χ0) is 11.1. The normalized spacial score (nSPS) is 16.7. The second kappa shape index (κ2) is 3.94. The lowest BCUT2D eigenvalue weighted by Gasteiger charge is -2.08. The maximum absolute atomic E-state index is 11.8. The Morgan fingerprint density at radius 3 is 2.20 bits per heavy atom. The summed E-state index contributed by atoms with van der Waals surface area (Å²) >= 11 is 11.6. The molecule has 1 N–H and O–H groups in total. The number of hydrogen-bond acceptors (Lipinski definition) is 2. The molecule has 0 radical (unpaired) electrons. The van der Waals surface area contributed by atoms with Crippen LogP contribution in [0.4, 0.5) is 0 Å². The smallest absolute Gasteiger partial charge is 0.208 e. The summed E-state index contributed by atoms with van der Waals surface area (Å²) in [5.41, 5.74) is 0. The molecule has 0 aromatic heterocycles. The van der Waals surface area contributed by atoms with Crippen LogP contribution in [0.25, 0.3) is 0 Å². The lowest BCUT2D eigenvalue weighted by Crippen LogP contribution is -2.26. The van der Waals surface area contributed by atoms with E-state index in [1.807, 2.05) is 0 Å². The molecule has 1 aliphatic carbocycles. The molecule has 1 aromatic rings. The predicted octanol–water partition coefficient (Wildman–Crippen LogP) is 2.43. The molecule has 3 nitrogen and oxygen atoms in total. The van der Waals surface area contributed by atoms with Crippen LogP contribution in [-0.4, -0.2) is 14.5 Å². The van der Waals surface area contributed by atoms with Gasteiger partial charge in [-0.25, -0.2) is 13.1 Å². The molecule has 1 aliphatic rings. The molecule has 0 saturated heterocycles. The largest absolute Gasteiger partial charge is 0.243 e. The van der Waals surface area contributed by atoms with Crippen LogP contribution in [0.15, 0.2) is 23.1 Å². The van der Waals surface area contributed by atoms with E-state index in [2.05, 4.69) is 4.72 Å². The van der Waals surface area contributed by atoms with E-state index in [0.29, 0.717) is 0 Å². The molecule has 1 fully saturated rings. The fourth-order valence-corrected chi connectivity index (χ4v) is 3.67. The van der Waals surface area contributed by atoms with Crippen molar-refractivity contribution in [1.82, 2.24) is 4.72 Å². The molecule has 0 spiro atoms. The Bertz CT molecular complexity index is 463. The van der Waals surface area contributed by atoms with E-state index in [1.54, 1.807) is 6.07 Å². The van der Waals surface area contributed by atoms with Gasteiger partial charge < -0.3 is 0 Å². The van der Waals surface area contributed by atoms with E-state index in [9.17, 15) is 8.42 Å². The van der Waals surface area contributed by atoms with Crippen molar-refractivity contribution in [3.8, 4) is 0 Å². The van der Waals surface area contributed by atoms with Gasteiger partial charge in [0, 0.05) is 6.04 Å². The highest BCUT2D eigenvalue weighted by molar-refractivity contribution is 7.89. The Labute approximate surface area is 98.4 Å². The minimum Gasteiger partial charge on any atom is -0.208 e. The van der Waals surface area contributed by atoms with Crippen LogP contribution < -0.4 is 4.72 Å². The summed E-state index contributed by atoms with van der Waals surface area (Å²) in [6.07, 6.45) is 1.75. The van der Waals surface area contributed by atoms with Gasteiger partial charge >= 0.3 is 0 Å². The number of benzene rings is 1. The van der Waals surface area contributed by atoms with Gasteiger partial charge in [-0.05, 0) is 25.0 Å². The van der Waals surface area contributed by atoms with Crippen LogP contribution in [0.3, 0.4) is 0 Å². The zero-order valence-corrected chi connectivity index (χ0v) is 10.0. The molecule has 0 bridgehead atoms. The average molecular weight is 266 g/mol. The first kappa shape index (κ1) is 11.2.